The average Bonchev–Trinajstić information content (AvgIpc) is 2.94. The van der Waals surface area contributed by atoms with Crippen LogP contribution in [0.4, 0.5) is 8.78 Å². The van der Waals surface area contributed by atoms with Crippen LogP contribution in [0.2, 0.25) is 0 Å². The molecule has 0 heterocycles. The Morgan fingerprint density at radius 1 is 1.00 bits per heavy atom. The molecule has 214 valence electrons. The van der Waals surface area contributed by atoms with E-state index in [0.29, 0.717) is 22.3 Å². The van der Waals surface area contributed by atoms with Crippen molar-refractivity contribution in [1.82, 2.24) is 0 Å². The van der Waals surface area contributed by atoms with E-state index in [1.807, 2.05) is 40.7 Å². The van der Waals surface area contributed by atoms with Crippen molar-refractivity contribution in [2.45, 2.75) is 94.9 Å². The van der Waals surface area contributed by atoms with E-state index in [4.69, 9.17) is 0 Å². The molecule has 0 fully saturated rings. The summed E-state index contributed by atoms with van der Waals surface area (Å²) in [5.74, 6) is 0.191. The van der Waals surface area contributed by atoms with Crippen molar-refractivity contribution >= 4 is 23.6 Å². The minimum absolute atomic E-state index is 0.133. The number of nitrogens with zero attached hydrogens (tertiary/aromatic N) is 1. The Morgan fingerprint density at radius 2 is 1.58 bits per heavy atom. The summed E-state index contributed by atoms with van der Waals surface area (Å²) in [4.78, 5) is 15.3. The molecule has 0 aliphatic heterocycles. The van der Waals surface area contributed by atoms with Crippen LogP contribution in [0.1, 0.15) is 116 Å². The lowest BCUT2D eigenvalue weighted by Crippen LogP contribution is -2.01. The van der Waals surface area contributed by atoms with Gasteiger partial charge in [-0.2, -0.15) is 0 Å². The lowest BCUT2D eigenvalue weighted by molar-refractivity contribution is 0.101. The third kappa shape index (κ3) is 16.8. The van der Waals surface area contributed by atoms with Gasteiger partial charge < -0.3 is 0 Å². The van der Waals surface area contributed by atoms with Gasteiger partial charge in [0.05, 0.1) is 0 Å². The molecule has 0 spiro atoms. The van der Waals surface area contributed by atoms with Crippen LogP contribution < -0.4 is 0 Å². The molecule has 0 atom stereocenters. The predicted molar refractivity (Wildman–Crippen MR) is 167 cm³/mol. The molecule has 2 nitrogen and oxygen atoms in total. The molecule has 0 aliphatic rings. The van der Waals surface area contributed by atoms with Gasteiger partial charge in [0.25, 0.3) is 0 Å². The fourth-order valence-corrected chi connectivity index (χ4v) is 2.99. The molecule has 0 saturated carbocycles. The van der Waals surface area contributed by atoms with Gasteiger partial charge in [-0.3, -0.25) is 9.79 Å². The molecule has 38 heavy (non-hydrogen) atoms. The molecular formula is C34H53F2NO. The Bertz CT molecular complexity index is 957. The van der Waals surface area contributed by atoms with E-state index in [1.54, 1.807) is 43.6 Å². The topological polar surface area (TPSA) is 29.4 Å². The predicted octanol–water partition coefficient (Wildman–Crippen LogP) is 11.0. The molecule has 0 amide bonds. The lowest BCUT2D eigenvalue weighted by atomic mass is 9.97. The highest BCUT2D eigenvalue weighted by molar-refractivity contribution is 6.10. The van der Waals surface area contributed by atoms with Gasteiger partial charge in [0.15, 0.2) is 5.78 Å². The van der Waals surface area contributed by atoms with E-state index in [-0.39, 0.29) is 11.6 Å². The average molecular weight is 530 g/mol. The summed E-state index contributed by atoms with van der Waals surface area (Å²) in [5.41, 5.74) is 3.15. The Morgan fingerprint density at radius 3 is 1.95 bits per heavy atom. The highest BCUT2D eigenvalue weighted by atomic mass is 19.1. The molecule has 0 aliphatic carbocycles. The van der Waals surface area contributed by atoms with Gasteiger partial charge >= 0.3 is 0 Å². The number of halogens is 2. The SMILES string of the molecule is C=Cc1cc(/C(C=NC)=C/C)c(F)cc1C(C)=O.CC.CC.CCC(C)CC.CCCc1cccc(F)c1. The first kappa shape index (κ1) is 39.6. The molecule has 0 unspecified atom stereocenters. The summed E-state index contributed by atoms with van der Waals surface area (Å²) < 4.78 is 26.5. The van der Waals surface area contributed by atoms with Crippen LogP contribution >= 0.6 is 0 Å². The summed E-state index contributed by atoms with van der Waals surface area (Å²) in [6, 6.07) is 9.63. The van der Waals surface area contributed by atoms with Crippen molar-refractivity contribution in [1.29, 1.82) is 0 Å². The first-order valence-electron chi connectivity index (χ1n) is 14.0. The number of benzene rings is 2. The van der Waals surface area contributed by atoms with Gasteiger partial charge in [-0.15, -0.1) is 0 Å². The van der Waals surface area contributed by atoms with Gasteiger partial charge in [-0.1, -0.05) is 106 Å². The van der Waals surface area contributed by atoms with E-state index in [0.717, 1.165) is 24.3 Å². The normalized spacial score (nSPS) is 10.1. The van der Waals surface area contributed by atoms with Crippen LogP contribution in [0.3, 0.4) is 0 Å². The van der Waals surface area contributed by atoms with Crippen molar-refractivity contribution in [3.8, 4) is 0 Å². The van der Waals surface area contributed by atoms with Gasteiger partial charge in [-0.05, 0) is 67.2 Å². The smallest absolute Gasteiger partial charge is 0.160 e. The Labute approximate surface area is 233 Å². The molecule has 2 rings (SSSR count). The second kappa shape index (κ2) is 25.8. The second-order valence-electron chi connectivity index (χ2n) is 8.11. The molecule has 0 aromatic heterocycles. The number of carbonyl (C=O) groups is 1. The summed E-state index contributed by atoms with van der Waals surface area (Å²) >= 11 is 0. The van der Waals surface area contributed by atoms with E-state index in [1.165, 1.54) is 31.9 Å². The Balaban J connectivity index is -0.000000514. The fraction of sp³-hybridized carbons (Fsp3) is 0.471. The zero-order valence-electron chi connectivity index (χ0n) is 25.9. The van der Waals surface area contributed by atoms with E-state index in [9.17, 15) is 13.6 Å². The molecule has 0 saturated heterocycles. The minimum Gasteiger partial charge on any atom is -0.296 e. The van der Waals surface area contributed by atoms with Gasteiger partial charge in [0.2, 0.25) is 0 Å². The second-order valence-corrected chi connectivity index (χ2v) is 8.11. The van der Waals surface area contributed by atoms with E-state index >= 15 is 0 Å². The van der Waals surface area contributed by atoms with Crippen molar-refractivity contribution in [3.05, 3.63) is 82.9 Å². The third-order valence-corrected chi connectivity index (χ3v) is 5.45. The number of rotatable bonds is 8. The molecule has 0 bridgehead atoms. The number of aryl methyl sites for hydroxylation is 1. The first-order valence-corrected chi connectivity index (χ1v) is 14.0. The molecule has 0 N–H and O–H groups in total. The molecule has 0 radical (unpaired) electrons. The van der Waals surface area contributed by atoms with Crippen LogP contribution in [0.25, 0.3) is 11.6 Å². The number of hydrogen-bond donors (Lipinski definition) is 0. The highest BCUT2D eigenvalue weighted by Gasteiger charge is 2.13. The fourth-order valence-electron chi connectivity index (χ4n) is 2.99. The summed E-state index contributed by atoms with van der Waals surface area (Å²) in [7, 11) is 1.62. The van der Waals surface area contributed by atoms with E-state index < -0.39 is 5.82 Å². The Kier molecular flexibility index (Phi) is 26.9. The van der Waals surface area contributed by atoms with Crippen LogP contribution in [0, 0.1) is 17.6 Å². The molecule has 2 aromatic carbocycles. The number of Topliss-reactive ketones (excluding diaryl/α,β-unsaturated/α-hetero) is 1. The zero-order chi connectivity index (χ0) is 30.1. The van der Waals surface area contributed by atoms with Crippen molar-refractivity contribution in [3.63, 3.8) is 0 Å². The van der Waals surface area contributed by atoms with E-state index in [2.05, 4.69) is 39.3 Å². The first-order chi connectivity index (χ1) is 18.2. The van der Waals surface area contributed by atoms with Crippen molar-refractivity contribution < 1.29 is 13.6 Å². The number of allylic oxidation sites excluding steroid dienone is 2. The quantitative estimate of drug-likeness (QED) is 0.247. The van der Waals surface area contributed by atoms with Gasteiger partial charge in [0, 0.05) is 24.4 Å². The standard InChI is InChI=1S/C15H16FNO.C9H11F.C6H14.2C2H6/c1-5-11-7-14(12(6-2)9-17-4)15(16)8-13(11)10(3)18;1-2-4-8-5-3-6-9(10)7-8;1-4-6(3)5-2;2*1-2/h5-9H,1H2,2-4H3;3,5-7H,2,4H2,1H3;6H,4-5H2,1-3H3;2*1-2H3/b12-6+,17-9?;;;;. The Hall–Kier alpha value is -2.88. The van der Waals surface area contributed by atoms with Crippen LogP contribution in [-0.2, 0) is 6.42 Å². The molecule has 2 aromatic rings. The molecular weight excluding hydrogens is 476 g/mol. The number of carbonyl (C=O) groups excluding carboxylic acids is 1. The monoisotopic (exact) mass is 529 g/mol. The highest BCUT2D eigenvalue weighted by Crippen LogP contribution is 2.23. The number of ketones is 1. The molecule has 4 heteroatoms. The van der Waals surface area contributed by atoms with Crippen LogP contribution in [0.5, 0.6) is 0 Å². The minimum atomic E-state index is -0.432. The zero-order valence-corrected chi connectivity index (χ0v) is 25.9. The van der Waals surface area contributed by atoms with Crippen LogP contribution in [-0.4, -0.2) is 19.0 Å². The summed E-state index contributed by atoms with van der Waals surface area (Å²) in [6.07, 6.45) is 9.61. The van der Waals surface area contributed by atoms with Crippen molar-refractivity contribution in [2.75, 3.05) is 7.05 Å². The maximum absolute atomic E-state index is 14.0. The van der Waals surface area contributed by atoms with Gasteiger partial charge in [-0.25, -0.2) is 8.78 Å². The number of hydrogen-bond acceptors (Lipinski definition) is 2. The third-order valence-electron chi connectivity index (χ3n) is 5.45. The largest absolute Gasteiger partial charge is 0.296 e. The lowest BCUT2D eigenvalue weighted by Gasteiger charge is -2.09. The van der Waals surface area contributed by atoms with Crippen molar-refractivity contribution in [2.24, 2.45) is 10.9 Å². The summed E-state index contributed by atoms with van der Waals surface area (Å²) in [5, 5.41) is 0. The maximum atomic E-state index is 14.0. The summed E-state index contributed by atoms with van der Waals surface area (Å²) in [6.45, 7) is 23.7. The van der Waals surface area contributed by atoms with Crippen LogP contribution in [0.15, 0.2) is 54.0 Å². The maximum Gasteiger partial charge on any atom is 0.160 e. The van der Waals surface area contributed by atoms with Gasteiger partial charge in [0.1, 0.15) is 11.6 Å². The number of aliphatic imine (C=N–C) groups is 1.